The number of Topliss-reactive ketones (excluding diaryl/α,β-unsaturated/α-hetero) is 1. The Balaban J connectivity index is 1.97. The second kappa shape index (κ2) is 10.5. The maximum absolute atomic E-state index is 12.5. The van der Waals surface area contributed by atoms with Gasteiger partial charge in [0.1, 0.15) is 11.5 Å². The lowest BCUT2D eigenvalue weighted by Gasteiger charge is -2.26. The van der Waals surface area contributed by atoms with Gasteiger partial charge in [-0.15, -0.1) is 0 Å². The first-order valence-corrected chi connectivity index (χ1v) is 9.44. The predicted octanol–water partition coefficient (Wildman–Crippen LogP) is 2.19. The molecular weight excluding hydrogens is 316 g/mol. The van der Waals surface area contributed by atoms with E-state index in [1.165, 1.54) is 0 Å². The molecule has 1 fully saturated rings. The summed E-state index contributed by atoms with van der Waals surface area (Å²) in [7, 11) is 0. The number of carbonyl (C=O) groups is 1. The Hall–Kier alpha value is -1.50. The molecule has 6 heteroatoms. The average molecular weight is 348 g/mol. The molecule has 0 amide bonds. The van der Waals surface area contributed by atoms with Crippen LogP contribution in [0.1, 0.15) is 49.2 Å². The van der Waals surface area contributed by atoms with Crippen LogP contribution in [0.4, 0.5) is 5.82 Å². The molecule has 0 atom stereocenters. The number of ether oxygens (including phenoxy) is 1. The van der Waals surface area contributed by atoms with Gasteiger partial charge in [-0.3, -0.25) is 14.6 Å². The first-order valence-electron chi connectivity index (χ1n) is 9.44. The van der Waals surface area contributed by atoms with Gasteiger partial charge in [-0.25, -0.2) is 4.98 Å². The van der Waals surface area contributed by atoms with Crippen molar-refractivity contribution >= 4 is 11.6 Å². The van der Waals surface area contributed by atoms with Crippen molar-refractivity contribution in [2.24, 2.45) is 0 Å². The molecule has 1 aliphatic heterocycles. The van der Waals surface area contributed by atoms with Crippen molar-refractivity contribution in [1.29, 1.82) is 0 Å². The molecule has 0 radical (unpaired) electrons. The summed E-state index contributed by atoms with van der Waals surface area (Å²) >= 11 is 0. The van der Waals surface area contributed by atoms with Crippen LogP contribution < -0.4 is 5.73 Å². The van der Waals surface area contributed by atoms with Crippen molar-refractivity contribution in [2.45, 2.75) is 39.7 Å². The number of carbonyl (C=O) groups excluding carboxylic acids is 1. The highest BCUT2D eigenvalue weighted by molar-refractivity contribution is 5.94. The van der Waals surface area contributed by atoms with Gasteiger partial charge >= 0.3 is 0 Å². The summed E-state index contributed by atoms with van der Waals surface area (Å²) in [6, 6.07) is 3.80. The lowest BCUT2D eigenvalue weighted by molar-refractivity contribution is 0.0369. The van der Waals surface area contributed by atoms with E-state index in [2.05, 4.69) is 28.6 Å². The summed E-state index contributed by atoms with van der Waals surface area (Å²) in [6.45, 7) is 11.3. The van der Waals surface area contributed by atoms with Crippen LogP contribution in [-0.2, 0) is 11.3 Å². The van der Waals surface area contributed by atoms with Gasteiger partial charge in [-0.05, 0) is 43.6 Å². The monoisotopic (exact) mass is 348 g/mol. The smallest absolute Gasteiger partial charge is 0.182 e. The Morgan fingerprint density at radius 3 is 2.56 bits per heavy atom. The van der Waals surface area contributed by atoms with Gasteiger partial charge in [-0.2, -0.15) is 0 Å². The van der Waals surface area contributed by atoms with E-state index in [4.69, 9.17) is 10.5 Å². The molecule has 0 saturated carbocycles. The molecule has 1 aromatic heterocycles. The second-order valence-electron chi connectivity index (χ2n) is 6.69. The molecule has 2 N–H and O–H groups in total. The SMILES string of the molecule is CCCN(CCC)Cc1cc(N)nc(C(=O)CCN2CCOCC2)c1. The number of pyridine rings is 1. The quantitative estimate of drug-likeness (QED) is 0.654. The summed E-state index contributed by atoms with van der Waals surface area (Å²) < 4.78 is 5.34. The second-order valence-corrected chi connectivity index (χ2v) is 6.69. The fourth-order valence-corrected chi connectivity index (χ4v) is 3.22. The normalized spacial score (nSPS) is 15.6. The molecule has 0 aromatic carbocycles. The van der Waals surface area contributed by atoms with Gasteiger partial charge in [0, 0.05) is 32.6 Å². The van der Waals surface area contributed by atoms with Crippen LogP contribution in [0.2, 0.25) is 0 Å². The number of nitrogens with zero attached hydrogens (tertiary/aromatic N) is 3. The fraction of sp³-hybridized carbons (Fsp3) is 0.684. The van der Waals surface area contributed by atoms with E-state index in [9.17, 15) is 4.79 Å². The van der Waals surface area contributed by atoms with Gasteiger partial charge in [0.05, 0.1) is 13.2 Å². The minimum Gasteiger partial charge on any atom is -0.384 e. The number of morpholine rings is 1. The molecule has 1 aliphatic rings. The Morgan fingerprint density at radius 2 is 1.92 bits per heavy atom. The van der Waals surface area contributed by atoms with Crippen molar-refractivity contribution in [1.82, 2.24) is 14.8 Å². The Kier molecular flexibility index (Phi) is 8.31. The summed E-state index contributed by atoms with van der Waals surface area (Å²) in [4.78, 5) is 21.5. The van der Waals surface area contributed by atoms with Gasteiger partial charge in [0.2, 0.25) is 0 Å². The molecule has 2 rings (SSSR count). The van der Waals surface area contributed by atoms with Crippen molar-refractivity contribution in [3.8, 4) is 0 Å². The van der Waals surface area contributed by atoms with Crippen molar-refractivity contribution in [3.63, 3.8) is 0 Å². The Bertz CT molecular complexity index is 538. The molecule has 25 heavy (non-hydrogen) atoms. The largest absolute Gasteiger partial charge is 0.384 e. The van der Waals surface area contributed by atoms with Crippen LogP contribution in [0.25, 0.3) is 0 Å². The van der Waals surface area contributed by atoms with E-state index in [1.54, 1.807) is 0 Å². The first kappa shape index (κ1) is 19.8. The Labute approximate surface area is 151 Å². The minimum absolute atomic E-state index is 0.0672. The lowest BCUT2D eigenvalue weighted by Crippen LogP contribution is -2.37. The number of anilines is 1. The van der Waals surface area contributed by atoms with E-state index in [0.717, 1.165) is 70.9 Å². The van der Waals surface area contributed by atoms with Gasteiger partial charge in [-0.1, -0.05) is 13.8 Å². The first-order chi connectivity index (χ1) is 12.1. The number of rotatable bonds is 10. The fourth-order valence-electron chi connectivity index (χ4n) is 3.22. The maximum Gasteiger partial charge on any atom is 0.182 e. The molecule has 0 spiro atoms. The molecular formula is C19H32N4O2. The highest BCUT2D eigenvalue weighted by atomic mass is 16.5. The topological polar surface area (TPSA) is 71.7 Å². The number of hydrogen-bond acceptors (Lipinski definition) is 6. The van der Waals surface area contributed by atoms with Crippen molar-refractivity contribution in [2.75, 3.05) is 51.7 Å². The molecule has 1 saturated heterocycles. The average Bonchev–Trinajstić information content (AvgIpc) is 2.60. The van der Waals surface area contributed by atoms with Gasteiger partial charge < -0.3 is 10.5 Å². The van der Waals surface area contributed by atoms with Crippen LogP contribution in [-0.4, -0.2) is 66.5 Å². The van der Waals surface area contributed by atoms with E-state index in [1.807, 2.05) is 12.1 Å². The lowest BCUT2D eigenvalue weighted by atomic mass is 10.1. The third-order valence-electron chi connectivity index (χ3n) is 4.44. The van der Waals surface area contributed by atoms with Crippen LogP contribution in [0.15, 0.2) is 12.1 Å². The van der Waals surface area contributed by atoms with E-state index < -0.39 is 0 Å². The molecule has 6 nitrogen and oxygen atoms in total. The summed E-state index contributed by atoms with van der Waals surface area (Å²) in [6.07, 6.45) is 2.71. The van der Waals surface area contributed by atoms with E-state index in [0.29, 0.717) is 17.9 Å². The van der Waals surface area contributed by atoms with Crippen LogP contribution in [0.3, 0.4) is 0 Å². The summed E-state index contributed by atoms with van der Waals surface area (Å²) in [5.74, 6) is 0.498. The number of aromatic nitrogens is 1. The molecule has 0 bridgehead atoms. The maximum atomic E-state index is 12.5. The highest BCUT2D eigenvalue weighted by Gasteiger charge is 2.15. The Morgan fingerprint density at radius 1 is 1.24 bits per heavy atom. The molecule has 1 aromatic rings. The number of hydrogen-bond donors (Lipinski definition) is 1. The predicted molar refractivity (Wildman–Crippen MR) is 101 cm³/mol. The zero-order chi connectivity index (χ0) is 18.1. The number of nitrogens with two attached hydrogens (primary N) is 1. The summed E-state index contributed by atoms with van der Waals surface area (Å²) in [5.41, 5.74) is 7.52. The standard InChI is InChI=1S/C19H32N4O2/c1-3-6-23(7-4-2)15-16-13-17(21-19(20)14-16)18(24)5-8-22-9-11-25-12-10-22/h13-14H,3-12,15H2,1-2H3,(H2,20,21). The molecule has 0 unspecified atom stereocenters. The van der Waals surface area contributed by atoms with Gasteiger partial charge in [0.25, 0.3) is 0 Å². The molecule has 0 aliphatic carbocycles. The number of ketones is 1. The van der Waals surface area contributed by atoms with Crippen LogP contribution >= 0.6 is 0 Å². The van der Waals surface area contributed by atoms with E-state index in [-0.39, 0.29) is 5.78 Å². The zero-order valence-corrected chi connectivity index (χ0v) is 15.7. The zero-order valence-electron chi connectivity index (χ0n) is 15.7. The van der Waals surface area contributed by atoms with Crippen LogP contribution in [0.5, 0.6) is 0 Å². The summed E-state index contributed by atoms with van der Waals surface area (Å²) in [5, 5.41) is 0. The van der Waals surface area contributed by atoms with Gasteiger partial charge in [0.15, 0.2) is 5.78 Å². The number of nitrogen functional groups attached to an aromatic ring is 1. The third kappa shape index (κ3) is 6.72. The minimum atomic E-state index is 0.0672. The molecule has 140 valence electrons. The van der Waals surface area contributed by atoms with Crippen molar-refractivity contribution in [3.05, 3.63) is 23.4 Å². The van der Waals surface area contributed by atoms with E-state index >= 15 is 0 Å². The highest BCUT2D eigenvalue weighted by Crippen LogP contribution is 2.13. The molecule has 2 heterocycles. The van der Waals surface area contributed by atoms with Crippen LogP contribution in [0, 0.1) is 0 Å². The third-order valence-corrected chi connectivity index (χ3v) is 4.44. The van der Waals surface area contributed by atoms with Crippen molar-refractivity contribution < 1.29 is 9.53 Å².